The van der Waals surface area contributed by atoms with Gasteiger partial charge in [0.15, 0.2) is 6.61 Å². The maximum absolute atomic E-state index is 12.2. The van der Waals surface area contributed by atoms with Gasteiger partial charge in [-0.05, 0) is 44.3 Å². The van der Waals surface area contributed by atoms with Crippen LogP contribution in [-0.2, 0) is 9.59 Å². The van der Waals surface area contributed by atoms with Crippen molar-refractivity contribution in [3.8, 4) is 5.75 Å². The number of benzene rings is 1. The molecule has 1 aliphatic rings. The van der Waals surface area contributed by atoms with Gasteiger partial charge in [-0.15, -0.1) is 0 Å². The third kappa shape index (κ3) is 5.56. The average Bonchev–Trinajstić information content (AvgIpc) is 2.78. The third-order valence-corrected chi connectivity index (χ3v) is 3.89. The summed E-state index contributed by atoms with van der Waals surface area (Å²) in [5, 5.41) is 2.77. The van der Waals surface area contributed by atoms with Crippen LogP contribution >= 0.6 is 0 Å². The quantitative estimate of drug-likeness (QED) is 0.895. The summed E-state index contributed by atoms with van der Waals surface area (Å²) in [6.45, 7) is 5.31. The SMILES string of the molecule is CCC(=O)Nc1ccc(OCC(=O)N2CCCN(C)CC2)cc1. The number of carbonyl (C=O) groups excluding carboxylic acids is 2. The molecule has 1 heterocycles. The Bertz CT molecular complexity index is 530. The van der Waals surface area contributed by atoms with E-state index >= 15 is 0 Å². The Morgan fingerprint density at radius 3 is 2.57 bits per heavy atom. The highest BCUT2D eigenvalue weighted by atomic mass is 16.5. The van der Waals surface area contributed by atoms with Crippen molar-refractivity contribution in [1.82, 2.24) is 9.80 Å². The van der Waals surface area contributed by atoms with E-state index in [1.165, 1.54) is 0 Å². The highest BCUT2D eigenvalue weighted by Crippen LogP contribution is 2.16. The molecule has 1 saturated heterocycles. The number of hydrogen-bond acceptors (Lipinski definition) is 4. The minimum absolute atomic E-state index is 0.0173. The van der Waals surface area contributed by atoms with E-state index in [1.807, 2.05) is 4.90 Å². The van der Waals surface area contributed by atoms with Gasteiger partial charge in [-0.1, -0.05) is 6.92 Å². The van der Waals surface area contributed by atoms with Crippen LogP contribution in [0.1, 0.15) is 19.8 Å². The van der Waals surface area contributed by atoms with Crippen LogP contribution in [-0.4, -0.2) is 61.4 Å². The lowest BCUT2D eigenvalue weighted by molar-refractivity contribution is -0.133. The molecule has 0 spiro atoms. The zero-order chi connectivity index (χ0) is 16.7. The molecular weight excluding hydrogens is 294 g/mol. The van der Waals surface area contributed by atoms with Crippen molar-refractivity contribution in [1.29, 1.82) is 0 Å². The van der Waals surface area contributed by atoms with Gasteiger partial charge in [0.05, 0.1) is 0 Å². The molecule has 0 radical (unpaired) electrons. The average molecular weight is 319 g/mol. The van der Waals surface area contributed by atoms with E-state index in [4.69, 9.17) is 4.74 Å². The number of nitrogens with zero attached hydrogens (tertiary/aromatic N) is 2. The lowest BCUT2D eigenvalue weighted by Gasteiger charge is -2.20. The molecule has 2 amide bonds. The van der Waals surface area contributed by atoms with Gasteiger partial charge >= 0.3 is 0 Å². The van der Waals surface area contributed by atoms with Gasteiger partial charge < -0.3 is 19.9 Å². The van der Waals surface area contributed by atoms with Crippen LogP contribution in [0.3, 0.4) is 0 Å². The molecule has 1 N–H and O–H groups in total. The number of amides is 2. The fourth-order valence-corrected chi connectivity index (χ4v) is 2.42. The fraction of sp³-hybridized carbons (Fsp3) is 0.529. The molecule has 0 saturated carbocycles. The molecule has 6 nitrogen and oxygen atoms in total. The maximum atomic E-state index is 12.2. The zero-order valence-electron chi connectivity index (χ0n) is 13.9. The number of hydrogen-bond donors (Lipinski definition) is 1. The van der Waals surface area contributed by atoms with Crippen molar-refractivity contribution >= 4 is 17.5 Å². The molecule has 1 fully saturated rings. The first kappa shape index (κ1) is 17.3. The molecule has 0 aromatic heterocycles. The Kier molecular flexibility index (Phi) is 6.40. The number of anilines is 1. The summed E-state index contributed by atoms with van der Waals surface area (Å²) in [5.41, 5.74) is 0.728. The summed E-state index contributed by atoms with van der Waals surface area (Å²) in [6, 6.07) is 7.06. The van der Waals surface area contributed by atoms with E-state index < -0.39 is 0 Å². The number of likely N-dealkylation sites (N-methyl/N-ethyl adjacent to an activating group) is 1. The molecule has 0 bridgehead atoms. The highest BCUT2D eigenvalue weighted by Gasteiger charge is 2.17. The van der Waals surface area contributed by atoms with Crippen LogP contribution in [0, 0.1) is 0 Å². The Balaban J connectivity index is 1.80. The Labute approximate surface area is 137 Å². The number of nitrogens with one attached hydrogen (secondary N) is 1. The van der Waals surface area contributed by atoms with Crippen molar-refractivity contribution in [2.45, 2.75) is 19.8 Å². The summed E-state index contributed by atoms with van der Waals surface area (Å²) < 4.78 is 5.56. The van der Waals surface area contributed by atoms with E-state index in [2.05, 4.69) is 17.3 Å². The smallest absolute Gasteiger partial charge is 0.260 e. The van der Waals surface area contributed by atoms with Crippen LogP contribution in [0.15, 0.2) is 24.3 Å². The molecule has 6 heteroatoms. The monoisotopic (exact) mass is 319 g/mol. The predicted octanol–water partition coefficient (Wildman–Crippen LogP) is 1.58. The highest BCUT2D eigenvalue weighted by molar-refractivity contribution is 5.90. The molecular formula is C17H25N3O3. The molecule has 23 heavy (non-hydrogen) atoms. The second-order valence-electron chi connectivity index (χ2n) is 5.75. The summed E-state index contributed by atoms with van der Waals surface area (Å²) in [7, 11) is 2.07. The summed E-state index contributed by atoms with van der Waals surface area (Å²) in [5.74, 6) is 0.614. The van der Waals surface area contributed by atoms with E-state index in [0.29, 0.717) is 12.2 Å². The first-order valence-electron chi connectivity index (χ1n) is 8.07. The topological polar surface area (TPSA) is 61.9 Å². The van der Waals surface area contributed by atoms with Crippen LogP contribution < -0.4 is 10.1 Å². The molecule has 1 aliphatic heterocycles. The standard InChI is InChI=1S/C17H25N3O3/c1-3-16(21)18-14-5-7-15(8-6-14)23-13-17(22)20-10-4-9-19(2)11-12-20/h5-8H,3-4,9-13H2,1-2H3,(H,18,21). The van der Waals surface area contributed by atoms with Gasteiger partial charge in [-0.2, -0.15) is 0 Å². The largest absolute Gasteiger partial charge is 0.484 e. The van der Waals surface area contributed by atoms with Gasteiger partial charge in [-0.25, -0.2) is 0 Å². The van der Waals surface area contributed by atoms with Crippen molar-refractivity contribution < 1.29 is 14.3 Å². The molecule has 1 aromatic rings. The lowest BCUT2D eigenvalue weighted by Crippen LogP contribution is -2.37. The Hall–Kier alpha value is -2.08. The number of carbonyl (C=O) groups is 2. The predicted molar refractivity (Wildman–Crippen MR) is 89.6 cm³/mol. The van der Waals surface area contributed by atoms with Crippen molar-refractivity contribution in [3.05, 3.63) is 24.3 Å². The van der Waals surface area contributed by atoms with Gasteiger partial charge in [0.1, 0.15) is 5.75 Å². The molecule has 1 aromatic carbocycles. The van der Waals surface area contributed by atoms with E-state index in [1.54, 1.807) is 31.2 Å². The minimum atomic E-state index is -0.0278. The van der Waals surface area contributed by atoms with E-state index in [0.717, 1.165) is 38.3 Å². The van der Waals surface area contributed by atoms with Crippen LogP contribution in [0.5, 0.6) is 5.75 Å². The van der Waals surface area contributed by atoms with Gasteiger partial charge in [0.25, 0.3) is 5.91 Å². The maximum Gasteiger partial charge on any atom is 0.260 e. The Morgan fingerprint density at radius 1 is 1.13 bits per heavy atom. The van der Waals surface area contributed by atoms with Crippen LogP contribution in [0.4, 0.5) is 5.69 Å². The Morgan fingerprint density at radius 2 is 1.87 bits per heavy atom. The van der Waals surface area contributed by atoms with Gasteiger partial charge in [0.2, 0.25) is 5.91 Å². The van der Waals surface area contributed by atoms with Crippen molar-refractivity contribution in [2.75, 3.05) is 45.2 Å². The third-order valence-electron chi connectivity index (χ3n) is 3.89. The molecule has 0 aliphatic carbocycles. The number of rotatable bonds is 5. The summed E-state index contributed by atoms with van der Waals surface area (Å²) in [4.78, 5) is 27.6. The lowest BCUT2D eigenvalue weighted by atomic mass is 10.3. The van der Waals surface area contributed by atoms with Crippen LogP contribution in [0.2, 0.25) is 0 Å². The summed E-state index contributed by atoms with van der Waals surface area (Å²) in [6.07, 6.45) is 1.44. The first-order chi connectivity index (χ1) is 11.1. The molecule has 0 unspecified atom stereocenters. The van der Waals surface area contributed by atoms with Crippen molar-refractivity contribution in [3.63, 3.8) is 0 Å². The summed E-state index contributed by atoms with van der Waals surface area (Å²) >= 11 is 0. The minimum Gasteiger partial charge on any atom is -0.484 e. The van der Waals surface area contributed by atoms with E-state index in [9.17, 15) is 9.59 Å². The normalized spacial score (nSPS) is 15.8. The molecule has 126 valence electrons. The van der Waals surface area contributed by atoms with E-state index in [-0.39, 0.29) is 18.4 Å². The van der Waals surface area contributed by atoms with Crippen molar-refractivity contribution in [2.24, 2.45) is 0 Å². The molecule has 0 atom stereocenters. The van der Waals surface area contributed by atoms with Gasteiger partial charge in [-0.3, -0.25) is 9.59 Å². The fourth-order valence-electron chi connectivity index (χ4n) is 2.42. The number of ether oxygens (including phenoxy) is 1. The second-order valence-corrected chi connectivity index (χ2v) is 5.75. The van der Waals surface area contributed by atoms with Crippen LogP contribution in [0.25, 0.3) is 0 Å². The first-order valence-corrected chi connectivity index (χ1v) is 8.07. The molecule has 2 rings (SSSR count). The van der Waals surface area contributed by atoms with Gasteiger partial charge in [0, 0.05) is 31.7 Å². The zero-order valence-corrected chi connectivity index (χ0v) is 13.9. The second kappa shape index (κ2) is 8.53.